The Labute approximate surface area is 324 Å². The van der Waals surface area contributed by atoms with Gasteiger partial charge in [-0.2, -0.15) is 0 Å². The van der Waals surface area contributed by atoms with Gasteiger partial charge in [-0.1, -0.05) is 171 Å². The topological polar surface area (TPSA) is 138 Å². The smallest absolute Gasteiger partial charge is 0.457 e. The number of phosphoric acid groups is 1. The second kappa shape index (κ2) is 39.8. The van der Waals surface area contributed by atoms with Crippen LogP contribution in [0.3, 0.4) is 0 Å². The highest BCUT2D eigenvalue weighted by molar-refractivity contribution is 7.47. The zero-order chi connectivity index (χ0) is 38.9. The molecule has 3 atom stereocenters. The fraction of sp³-hybridized carbons (Fsp3) is 0.744. The molecule has 0 aliphatic heterocycles. The monoisotopic (exact) mass is 768 g/mol. The molecular weight excluding hydrogens is 689 g/mol. The number of aliphatic hydroxyl groups is 1. The summed E-state index contributed by atoms with van der Waals surface area (Å²) in [5.41, 5.74) is 5.35. The Morgan fingerprint density at radius 3 is 1.89 bits per heavy atom. The van der Waals surface area contributed by atoms with Gasteiger partial charge in [0, 0.05) is 19.6 Å². The van der Waals surface area contributed by atoms with E-state index in [1.807, 2.05) is 36.5 Å². The van der Waals surface area contributed by atoms with Crippen LogP contribution < -0.4 is 5.73 Å². The van der Waals surface area contributed by atoms with E-state index in [1.165, 1.54) is 89.9 Å². The van der Waals surface area contributed by atoms with Crippen molar-refractivity contribution in [2.24, 2.45) is 5.73 Å². The molecule has 0 aromatic rings. The van der Waals surface area contributed by atoms with E-state index < -0.39 is 26.0 Å². The van der Waals surface area contributed by atoms with E-state index in [0.29, 0.717) is 25.9 Å². The highest BCUT2D eigenvalue weighted by atomic mass is 31.2. The minimum Gasteiger partial charge on any atom is -0.457 e. The van der Waals surface area contributed by atoms with Crippen molar-refractivity contribution in [2.75, 3.05) is 33.0 Å². The third kappa shape index (κ3) is 39.7. The summed E-state index contributed by atoms with van der Waals surface area (Å²) < 4.78 is 33.3. The first-order chi connectivity index (χ1) is 25.8. The first-order valence-electron chi connectivity index (χ1n) is 20.9. The molecular formula is C43H78NO8P. The van der Waals surface area contributed by atoms with Gasteiger partial charge in [-0.3, -0.25) is 13.8 Å². The predicted octanol–water partition coefficient (Wildman–Crippen LogP) is 11.2. The molecule has 0 amide bonds. The summed E-state index contributed by atoms with van der Waals surface area (Å²) in [5.74, 6) is -0.412. The summed E-state index contributed by atoms with van der Waals surface area (Å²) in [4.78, 5) is 22.4. The highest BCUT2D eigenvalue weighted by Gasteiger charge is 2.25. The van der Waals surface area contributed by atoms with Crippen LogP contribution in [0, 0.1) is 0 Å². The Morgan fingerprint density at radius 2 is 1.26 bits per heavy atom. The summed E-state index contributed by atoms with van der Waals surface area (Å²) in [7, 11) is -4.31. The number of allylic oxidation sites excluding steroid dienone is 8. The minimum absolute atomic E-state index is 0.0758. The Bertz CT molecular complexity index is 1010. The van der Waals surface area contributed by atoms with Crippen molar-refractivity contribution in [1.82, 2.24) is 0 Å². The van der Waals surface area contributed by atoms with Crippen LogP contribution in [0.25, 0.3) is 0 Å². The van der Waals surface area contributed by atoms with Crippen LogP contribution in [0.5, 0.6) is 0 Å². The maximum Gasteiger partial charge on any atom is 0.472 e. The fourth-order valence-corrected chi connectivity index (χ4v) is 6.23. The molecule has 0 aliphatic rings. The van der Waals surface area contributed by atoms with Gasteiger partial charge in [-0.15, -0.1) is 0 Å². The summed E-state index contributed by atoms with van der Waals surface area (Å²) in [6.07, 6.45) is 44.2. The minimum atomic E-state index is -4.31. The van der Waals surface area contributed by atoms with Crippen LogP contribution in [-0.2, 0) is 27.9 Å². The second-order valence-electron chi connectivity index (χ2n) is 13.7. The van der Waals surface area contributed by atoms with Crippen LogP contribution in [0.1, 0.15) is 162 Å². The summed E-state index contributed by atoms with van der Waals surface area (Å²) in [5, 5.41) is 10.0. The lowest BCUT2D eigenvalue weighted by molar-refractivity contribution is -0.154. The number of esters is 1. The molecule has 0 rings (SSSR count). The van der Waals surface area contributed by atoms with E-state index in [0.717, 1.165) is 32.1 Å². The summed E-state index contributed by atoms with van der Waals surface area (Å²) >= 11 is 0. The van der Waals surface area contributed by atoms with Crippen LogP contribution in [0.15, 0.2) is 60.8 Å². The highest BCUT2D eigenvalue weighted by Crippen LogP contribution is 2.43. The molecule has 0 heterocycles. The molecule has 10 heteroatoms. The van der Waals surface area contributed by atoms with Crippen molar-refractivity contribution >= 4 is 13.8 Å². The number of aliphatic hydroxyl groups excluding tert-OH is 1. The van der Waals surface area contributed by atoms with E-state index in [1.54, 1.807) is 6.08 Å². The van der Waals surface area contributed by atoms with Crippen molar-refractivity contribution in [3.63, 3.8) is 0 Å². The maximum absolute atomic E-state index is 12.5. The number of hydrogen-bond donors (Lipinski definition) is 3. The fourth-order valence-electron chi connectivity index (χ4n) is 5.47. The molecule has 0 aromatic carbocycles. The summed E-state index contributed by atoms with van der Waals surface area (Å²) in [6.45, 7) is 4.62. The van der Waals surface area contributed by atoms with Crippen molar-refractivity contribution in [3.8, 4) is 0 Å². The van der Waals surface area contributed by atoms with E-state index in [9.17, 15) is 19.4 Å². The largest absolute Gasteiger partial charge is 0.472 e. The molecule has 53 heavy (non-hydrogen) atoms. The van der Waals surface area contributed by atoms with E-state index in [4.69, 9.17) is 24.3 Å². The predicted molar refractivity (Wildman–Crippen MR) is 221 cm³/mol. The van der Waals surface area contributed by atoms with Crippen LogP contribution in [0.4, 0.5) is 0 Å². The second-order valence-corrected chi connectivity index (χ2v) is 15.1. The van der Waals surface area contributed by atoms with Gasteiger partial charge in [-0.05, 0) is 44.9 Å². The summed E-state index contributed by atoms with van der Waals surface area (Å²) in [6, 6.07) is 0. The molecule has 0 bridgehead atoms. The van der Waals surface area contributed by atoms with Gasteiger partial charge < -0.3 is 25.2 Å². The lowest BCUT2D eigenvalue weighted by Crippen LogP contribution is -2.28. The number of ether oxygens (including phenoxy) is 2. The molecule has 0 aliphatic carbocycles. The third-order valence-electron chi connectivity index (χ3n) is 8.53. The van der Waals surface area contributed by atoms with Gasteiger partial charge in [-0.25, -0.2) is 4.57 Å². The molecule has 0 fully saturated rings. The van der Waals surface area contributed by atoms with E-state index in [-0.39, 0.29) is 32.8 Å². The number of hydrogen-bond acceptors (Lipinski definition) is 8. The number of phosphoric ester groups is 1. The quantitative estimate of drug-likeness (QED) is 0.0183. The molecule has 0 saturated heterocycles. The lowest BCUT2D eigenvalue weighted by atomic mass is 10.0. The van der Waals surface area contributed by atoms with Crippen molar-refractivity contribution < 1.29 is 37.9 Å². The first kappa shape index (κ1) is 51.2. The number of nitrogens with two attached hydrogens (primary N) is 1. The van der Waals surface area contributed by atoms with Crippen LogP contribution >= 0.6 is 7.82 Å². The number of rotatable bonds is 39. The van der Waals surface area contributed by atoms with Crippen LogP contribution in [-0.4, -0.2) is 61.1 Å². The number of carbonyl (C=O) groups excluding carboxylic acids is 1. The van der Waals surface area contributed by atoms with Gasteiger partial charge in [0.15, 0.2) is 0 Å². The molecule has 0 spiro atoms. The zero-order valence-corrected chi connectivity index (χ0v) is 34.5. The Kier molecular flexibility index (Phi) is 38.5. The van der Waals surface area contributed by atoms with Gasteiger partial charge in [0.25, 0.3) is 0 Å². The SMILES string of the molecule is CC/C=C\C/C=C\CC(O)/C=C/C=C\C/C=C\CCCC(=O)OC(COCCCCCCCCCCCCCCCCCC)COP(=O)(O)OCCN. The molecule has 0 aromatic heterocycles. The Balaban J connectivity index is 4.22. The van der Waals surface area contributed by atoms with Crippen molar-refractivity contribution in [3.05, 3.63) is 60.8 Å². The molecule has 0 saturated carbocycles. The average Bonchev–Trinajstić information content (AvgIpc) is 3.14. The lowest BCUT2D eigenvalue weighted by Gasteiger charge is -2.20. The van der Waals surface area contributed by atoms with Gasteiger partial charge in [0.1, 0.15) is 6.10 Å². The zero-order valence-electron chi connectivity index (χ0n) is 33.6. The van der Waals surface area contributed by atoms with Crippen molar-refractivity contribution in [1.29, 1.82) is 0 Å². The third-order valence-corrected chi connectivity index (χ3v) is 9.51. The van der Waals surface area contributed by atoms with Gasteiger partial charge in [0.2, 0.25) is 0 Å². The molecule has 308 valence electrons. The van der Waals surface area contributed by atoms with E-state index in [2.05, 4.69) is 32.1 Å². The average molecular weight is 768 g/mol. The standard InChI is InChI=1S/C43H78NO8P/c1-3-5-7-9-11-12-13-14-15-16-17-18-21-24-28-32-37-49-39-42(40-51-53(47,48)50-38-36-44)52-43(46)35-31-27-23-20-19-22-26-30-34-41(45)33-29-25-10-8-6-4-2/h6,8,20,22-23,25-26,29-30,34,41-42,45H,3-5,7,9-19,21,24,27-28,31-33,35-40,44H2,1-2H3,(H,47,48)/b8-6-,23-20-,26-22-,29-25-,34-30+. The molecule has 9 nitrogen and oxygen atoms in total. The Morgan fingerprint density at radius 1 is 0.679 bits per heavy atom. The van der Waals surface area contributed by atoms with Crippen LogP contribution in [0.2, 0.25) is 0 Å². The number of carbonyl (C=O) groups is 1. The maximum atomic E-state index is 12.5. The van der Waals surface area contributed by atoms with E-state index >= 15 is 0 Å². The van der Waals surface area contributed by atoms with Crippen molar-refractivity contribution in [2.45, 2.75) is 174 Å². The molecule has 3 unspecified atom stereocenters. The molecule has 4 N–H and O–H groups in total. The normalized spacial score (nSPS) is 14.7. The number of unbranched alkanes of at least 4 members (excludes halogenated alkanes) is 16. The van der Waals surface area contributed by atoms with Gasteiger partial charge in [0.05, 0.1) is 25.9 Å². The first-order valence-corrected chi connectivity index (χ1v) is 22.4. The Hall–Kier alpha value is -1.84. The van der Waals surface area contributed by atoms with Gasteiger partial charge >= 0.3 is 13.8 Å². The molecule has 0 radical (unpaired) electrons.